The van der Waals surface area contributed by atoms with Gasteiger partial charge < -0.3 is 14.8 Å². The molecule has 4 rings (SSSR count). The molecule has 26 heavy (non-hydrogen) atoms. The van der Waals surface area contributed by atoms with Gasteiger partial charge in [-0.2, -0.15) is 0 Å². The molecule has 1 aromatic heterocycles. The topological polar surface area (TPSA) is 37.3 Å². The number of amides is 1. The summed E-state index contributed by atoms with van der Waals surface area (Å²) < 4.78 is 16.1. The number of piperidine rings is 2. The maximum Gasteiger partial charge on any atom is 0.253 e. The van der Waals surface area contributed by atoms with E-state index in [4.69, 9.17) is 0 Å². The average molecular weight is 378 g/mol. The molecular formula is C20H25ClFN3O. The summed E-state index contributed by atoms with van der Waals surface area (Å²) in [5.41, 5.74) is 1.31. The number of halogens is 2. The van der Waals surface area contributed by atoms with Gasteiger partial charge in [0.05, 0.1) is 5.69 Å². The van der Waals surface area contributed by atoms with Crippen molar-refractivity contribution in [2.45, 2.75) is 25.7 Å². The van der Waals surface area contributed by atoms with Crippen LogP contribution in [0.2, 0.25) is 0 Å². The van der Waals surface area contributed by atoms with E-state index in [9.17, 15) is 9.18 Å². The van der Waals surface area contributed by atoms with Crippen LogP contribution in [0.15, 0.2) is 42.7 Å². The van der Waals surface area contributed by atoms with Crippen LogP contribution in [0.5, 0.6) is 0 Å². The minimum Gasteiger partial charge on any atom is -0.339 e. The number of nitrogens with zero attached hydrogens (tertiary/aromatic N) is 2. The van der Waals surface area contributed by atoms with Crippen molar-refractivity contribution >= 4 is 18.3 Å². The van der Waals surface area contributed by atoms with Gasteiger partial charge >= 0.3 is 0 Å². The van der Waals surface area contributed by atoms with Crippen LogP contribution >= 0.6 is 12.4 Å². The Morgan fingerprint density at radius 3 is 2.31 bits per heavy atom. The Labute approximate surface area is 159 Å². The molecule has 0 radical (unpaired) electrons. The molecule has 4 nitrogen and oxygen atoms in total. The summed E-state index contributed by atoms with van der Waals surface area (Å²) in [5, 5.41) is 3.41. The number of benzene rings is 1. The predicted octanol–water partition coefficient (Wildman–Crippen LogP) is 3.64. The van der Waals surface area contributed by atoms with Crippen LogP contribution in [-0.2, 0) is 0 Å². The second kappa shape index (κ2) is 7.80. The third-order valence-electron chi connectivity index (χ3n) is 5.85. The molecule has 6 heteroatoms. The van der Waals surface area contributed by atoms with Gasteiger partial charge in [0.25, 0.3) is 5.91 Å². The van der Waals surface area contributed by atoms with Crippen LogP contribution in [-0.4, -0.2) is 41.6 Å². The summed E-state index contributed by atoms with van der Waals surface area (Å²) in [5.74, 6) is -0.421. The van der Waals surface area contributed by atoms with Crippen molar-refractivity contribution in [3.05, 3.63) is 54.1 Å². The van der Waals surface area contributed by atoms with Gasteiger partial charge in [-0.1, -0.05) is 0 Å². The van der Waals surface area contributed by atoms with E-state index in [1.54, 1.807) is 29.1 Å². The summed E-state index contributed by atoms with van der Waals surface area (Å²) in [6.45, 7) is 3.72. The zero-order chi connectivity index (χ0) is 17.3. The maximum absolute atomic E-state index is 14.4. The molecule has 2 fully saturated rings. The van der Waals surface area contributed by atoms with Gasteiger partial charge in [0.15, 0.2) is 0 Å². The average Bonchev–Trinajstić information content (AvgIpc) is 3.17. The van der Waals surface area contributed by atoms with Crippen molar-refractivity contribution in [2.24, 2.45) is 5.41 Å². The molecule has 1 aromatic carbocycles. The number of nitrogens with one attached hydrogen (secondary N) is 1. The van der Waals surface area contributed by atoms with Gasteiger partial charge in [-0.05, 0) is 74.5 Å². The highest BCUT2D eigenvalue weighted by Crippen LogP contribution is 2.39. The molecule has 2 aliphatic rings. The molecular weight excluding hydrogens is 353 g/mol. The molecule has 140 valence electrons. The lowest BCUT2D eigenvalue weighted by Crippen LogP contribution is -2.47. The van der Waals surface area contributed by atoms with E-state index in [2.05, 4.69) is 5.32 Å². The van der Waals surface area contributed by atoms with Gasteiger partial charge in [-0.25, -0.2) is 4.39 Å². The number of carbonyl (C=O) groups is 1. The third-order valence-corrected chi connectivity index (χ3v) is 5.85. The number of likely N-dealkylation sites (tertiary alicyclic amines) is 1. The molecule has 2 saturated heterocycles. The van der Waals surface area contributed by atoms with Crippen LogP contribution in [0.4, 0.5) is 4.39 Å². The van der Waals surface area contributed by atoms with Crippen molar-refractivity contribution in [3.63, 3.8) is 0 Å². The van der Waals surface area contributed by atoms with Crippen molar-refractivity contribution in [1.82, 2.24) is 14.8 Å². The molecule has 0 bridgehead atoms. The standard InChI is InChI=1S/C20H24FN3O.ClH/c21-17-15-16(3-4-18(17)23-11-1-2-12-23)19(25)24-13-7-20(8-14-24)5-9-22-10-6-20;/h1-4,11-12,15,22H,5-10,13-14H2;1H. The van der Waals surface area contributed by atoms with Gasteiger partial charge in [0.2, 0.25) is 0 Å². The molecule has 1 spiro atoms. The first-order valence-electron chi connectivity index (χ1n) is 9.10. The van der Waals surface area contributed by atoms with Crippen LogP contribution in [0.3, 0.4) is 0 Å². The summed E-state index contributed by atoms with van der Waals surface area (Å²) in [7, 11) is 0. The van der Waals surface area contributed by atoms with Crippen LogP contribution in [0, 0.1) is 11.2 Å². The van der Waals surface area contributed by atoms with E-state index < -0.39 is 0 Å². The molecule has 2 aliphatic heterocycles. The quantitative estimate of drug-likeness (QED) is 0.867. The molecule has 3 heterocycles. The minimum absolute atomic E-state index is 0. The van der Waals surface area contributed by atoms with Gasteiger partial charge in [0.1, 0.15) is 5.82 Å². The van der Waals surface area contributed by atoms with E-state index in [-0.39, 0.29) is 24.1 Å². The first-order valence-corrected chi connectivity index (χ1v) is 9.10. The highest BCUT2D eigenvalue weighted by Gasteiger charge is 2.36. The lowest BCUT2D eigenvalue weighted by molar-refractivity contribution is 0.0495. The summed E-state index contributed by atoms with van der Waals surface area (Å²) in [6, 6.07) is 8.48. The van der Waals surface area contributed by atoms with Crippen molar-refractivity contribution in [1.29, 1.82) is 0 Å². The van der Waals surface area contributed by atoms with E-state index >= 15 is 0 Å². The zero-order valence-electron chi connectivity index (χ0n) is 14.8. The number of carbonyl (C=O) groups excluding carboxylic acids is 1. The molecule has 0 unspecified atom stereocenters. The maximum atomic E-state index is 14.4. The smallest absolute Gasteiger partial charge is 0.253 e. The summed E-state index contributed by atoms with van der Waals surface area (Å²) >= 11 is 0. The Morgan fingerprint density at radius 1 is 1.04 bits per heavy atom. The molecule has 2 aromatic rings. The predicted molar refractivity (Wildman–Crippen MR) is 103 cm³/mol. The molecule has 0 aliphatic carbocycles. The van der Waals surface area contributed by atoms with E-state index in [0.29, 0.717) is 16.7 Å². The van der Waals surface area contributed by atoms with Crippen molar-refractivity contribution < 1.29 is 9.18 Å². The van der Waals surface area contributed by atoms with Crippen molar-refractivity contribution in [2.75, 3.05) is 26.2 Å². The van der Waals surface area contributed by atoms with Crippen molar-refractivity contribution in [3.8, 4) is 5.69 Å². The summed E-state index contributed by atoms with van der Waals surface area (Å²) in [6.07, 6.45) is 8.12. The SMILES string of the molecule is Cl.O=C(c1ccc(-n2cccc2)c(F)c1)N1CCC2(CCNCC2)CC1. The second-order valence-corrected chi connectivity index (χ2v) is 7.30. The fraction of sp³-hybridized carbons (Fsp3) is 0.450. The van der Waals surface area contributed by atoms with E-state index in [1.165, 1.54) is 18.9 Å². The van der Waals surface area contributed by atoms with Crippen LogP contribution in [0.25, 0.3) is 5.69 Å². The fourth-order valence-corrected chi connectivity index (χ4v) is 4.17. The molecule has 0 saturated carbocycles. The third kappa shape index (κ3) is 3.64. The number of rotatable bonds is 2. The molecule has 0 atom stereocenters. The molecule has 1 amide bonds. The second-order valence-electron chi connectivity index (χ2n) is 7.30. The number of aromatic nitrogens is 1. The van der Waals surface area contributed by atoms with Gasteiger partial charge in [-0.3, -0.25) is 4.79 Å². The van der Waals surface area contributed by atoms with E-state index in [1.807, 2.05) is 17.0 Å². The van der Waals surface area contributed by atoms with Crippen LogP contribution < -0.4 is 5.32 Å². The molecule has 1 N–H and O–H groups in total. The zero-order valence-corrected chi connectivity index (χ0v) is 15.6. The highest BCUT2D eigenvalue weighted by atomic mass is 35.5. The Bertz CT molecular complexity index is 746. The Hall–Kier alpha value is -1.85. The first kappa shape index (κ1) is 18.9. The van der Waals surface area contributed by atoms with Gasteiger partial charge in [-0.15, -0.1) is 12.4 Å². The minimum atomic E-state index is -0.367. The lowest BCUT2D eigenvalue weighted by atomic mass is 9.71. The number of hydrogen-bond acceptors (Lipinski definition) is 2. The Morgan fingerprint density at radius 2 is 1.69 bits per heavy atom. The largest absolute Gasteiger partial charge is 0.339 e. The number of hydrogen-bond donors (Lipinski definition) is 1. The van der Waals surface area contributed by atoms with E-state index in [0.717, 1.165) is 39.0 Å². The monoisotopic (exact) mass is 377 g/mol. The summed E-state index contributed by atoms with van der Waals surface area (Å²) in [4.78, 5) is 14.6. The normalized spacial score (nSPS) is 19.2. The van der Waals surface area contributed by atoms with Gasteiger partial charge in [0, 0.05) is 31.0 Å². The van der Waals surface area contributed by atoms with Crippen LogP contribution in [0.1, 0.15) is 36.0 Å². The Kier molecular flexibility index (Phi) is 5.68. The first-order chi connectivity index (χ1) is 12.2. The lowest BCUT2D eigenvalue weighted by Gasteiger charge is -2.44. The Balaban J connectivity index is 0.00000196. The fourth-order valence-electron chi connectivity index (χ4n) is 4.17. The highest BCUT2D eigenvalue weighted by molar-refractivity contribution is 5.94.